The average Bonchev–Trinajstić information content (AvgIpc) is 2.79. The largest absolute Gasteiger partial charge is 0.495 e. The fraction of sp³-hybridized carbons (Fsp3) is 0.435. The summed E-state index contributed by atoms with van der Waals surface area (Å²) in [6.07, 6.45) is 1.12. The van der Waals surface area contributed by atoms with E-state index in [-0.39, 0.29) is 16.4 Å². The van der Waals surface area contributed by atoms with E-state index in [0.29, 0.717) is 12.0 Å². The van der Waals surface area contributed by atoms with Gasteiger partial charge in [-0.25, -0.2) is 12.7 Å². The Morgan fingerprint density at radius 3 is 2.32 bits per heavy atom. The monoisotopic (exact) mass is 445 g/mol. The summed E-state index contributed by atoms with van der Waals surface area (Å²) in [5, 5.41) is 0. The number of carbonyl (C=O) groups is 1. The number of piperazine rings is 1. The van der Waals surface area contributed by atoms with Crippen LogP contribution in [-0.2, 0) is 10.0 Å². The third-order valence-electron chi connectivity index (χ3n) is 5.62. The van der Waals surface area contributed by atoms with E-state index in [1.165, 1.54) is 33.0 Å². The van der Waals surface area contributed by atoms with Crippen LogP contribution in [0.2, 0.25) is 0 Å². The first-order valence-electron chi connectivity index (χ1n) is 10.5. The van der Waals surface area contributed by atoms with Crippen LogP contribution >= 0.6 is 0 Å². The van der Waals surface area contributed by atoms with E-state index < -0.39 is 10.0 Å². The number of Topliss-reactive ketones (excluding diaryl/α,β-unsaturated/α-hetero) is 1. The van der Waals surface area contributed by atoms with Crippen LogP contribution in [0.4, 0.5) is 5.69 Å². The topological polar surface area (TPSA) is 70.2 Å². The molecule has 0 unspecified atom stereocenters. The maximum Gasteiger partial charge on any atom is 0.246 e. The highest BCUT2D eigenvalue weighted by atomic mass is 32.2. The van der Waals surface area contributed by atoms with E-state index in [9.17, 15) is 13.2 Å². The summed E-state index contributed by atoms with van der Waals surface area (Å²) in [5.74, 6) is 0.183. The highest BCUT2D eigenvalue weighted by molar-refractivity contribution is 7.89. The molecule has 0 atom stereocenters. The van der Waals surface area contributed by atoms with Crippen LogP contribution in [-0.4, -0.2) is 77.3 Å². The Kier molecular flexibility index (Phi) is 7.69. The fourth-order valence-corrected chi connectivity index (χ4v) is 4.80. The maximum absolute atomic E-state index is 12.7. The summed E-state index contributed by atoms with van der Waals surface area (Å²) in [5.41, 5.74) is 1.65. The van der Waals surface area contributed by atoms with Gasteiger partial charge in [-0.3, -0.25) is 9.69 Å². The molecule has 2 aromatic rings. The number of benzene rings is 2. The molecule has 0 amide bonds. The second-order valence-electron chi connectivity index (χ2n) is 7.84. The van der Waals surface area contributed by atoms with Gasteiger partial charge in [0.2, 0.25) is 10.0 Å². The molecule has 1 saturated heterocycles. The number of hydrogen-bond acceptors (Lipinski definition) is 6. The normalized spacial score (nSPS) is 15.3. The smallest absolute Gasteiger partial charge is 0.246 e. The molecule has 1 aliphatic rings. The molecular formula is C23H31N3O4S. The first-order valence-corrected chi connectivity index (χ1v) is 11.9. The lowest BCUT2D eigenvalue weighted by atomic mass is 10.1. The molecule has 3 rings (SSSR count). The van der Waals surface area contributed by atoms with Gasteiger partial charge in [0.05, 0.1) is 7.11 Å². The SMILES string of the molecule is COc1ccc(C(=O)CCCN2CCN(c3ccccc3)CC2)cc1S(=O)(=O)N(C)C. The van der Waals surface area contributed by atoms with Crippen LogP contribution < -0.4 is 9.64 Å². The van der Waals surface area contributed by atoms with E-state index in [1.54, 1.807) is 12.1 Å². The minimum absolute atomic E-state index is 0.0166. The predicted molar refractivity (Wildman–Crippen MR) is 123 cm³/mol. The molecular weight excluding hydrogens is 414 g/mol. The first-order chi connectivity index (χ1) is 14.8. The Labute approximate surface area is 185 Å². The quantitative estimate of drug-likeness (QED) is 0.553. The standard InChI is InChI=1S/C23H31N3O4S/c1-24(2)31(28,29)23-18-19(11-12-22(23)30-3)21(27)10-7-13-25-14-16-26(17-15-25)20-8-5-4-6-9-20/h4-6,8-9,11-12,18H,7,10,13-17H2,1-3H3. The van der Waals surface area contributed by atoms with Gasteiger partial charge in [-0.15, -0.1) is 0 Å². The van der Waals surface area contributed by atoms with E-state index in [4.69, 9.17) is 4.74 Å². The first kappa shape index (κ1) is 23.2. The van der Waals surface area contributed by atoms with Crippen LogP contribution in [0.1, 0.15) is 23.2 Å². The number of anilines is 1. The van der Waals surface area contributed by atoms with E-state index in [2.05, 4.69) is 34.1 Å². The van der Waals surface area contributed by atoms with Crippen molar-refractivity contribution in [3.63, 3.8) is 0 Å². The van der Waals surface area contributed by atoms with Gasteiger partial charge in [0.15, 0.2) is 5.78 Å². The second-order valence-corrected chi connectivity index (χ2v) is 9.96. The molecule has 7 nitrogen and oxygen atoms in total. The zero-order chi connectivity index (χ0) is 22.4. The lowest BCUT2D eigenvalue weighted by molar-refractivity contribution is 0.0974. The lowest BCUT2D eigenvalue weighted by Crippen LogP contribution is -2.46. The van der Waals surface area contributed by atoms with Crippen molar-refractivity contribution in [3.05, 3.63) is 54.1 Å². The molecule has 0 aromatic heterocycles. The van der Waals surface area contributed by atoms with Crippen molar-refractivity contribution in [2.24, 2.45) is 0 Å². The van der Waals surface area contributed by atoms with Crippen molar-refractivity contribution < 1.29 is 17.9 Å². The summed E-state index contributed by atoms with van der Waals surface area (Å²) in [7, 11) is 0.640. The zero-order valence-corrected chi connectivity index (χ0v) is 19.3. The average molecular weight is 446 g/mol. The number of carbonyl (C=O) groups excluding carboxylic acids is 1. The van der Waals surface area contributed by atoms with E-state index >= 15 is 0 Å². The van der Waals surface area contributed by atoms with E-state index in [0.717, 1.165) is 43.4 Å². The molecule has 0 spiro atoms. The molecule has 1 aliphatic heterocycles. The Morgan fingerprint density at radius 1 is 1.03 bits per heavy atom. The van der Waals surface area contributed by atoms with Crippen molar-refractivity contribution >= 4 is 21.5 Å². The van der Waals surface area contributed by atoms with Crippen LogP contribution in [0.5, 0.6) is 5.75 Å². The number of ether oxygens (including phenoxy) is 1. The Bertz CT molecular complexity index is 985. The van der Waals surface area contributed by atoms with Crippen LogP contribution in [0, 0.1) is 0 Å². The van der Waals surface area contributed by atoms with Gasteiger partial charge in [0.1, 0.15) is 10.6 Å². The van der Waals surface area contributed by atoms with Gasteiger partial charge in [0.25, 0.3) is 0 Å². The molecule has 31 heavy (non-hydrogen) atoms. The summed E-state index contributed by atoms with van der Waals surface area (Å²) in [6.45, 7) is 4.74. The summed E-state index contributed by atoms with van der Waals surface area (Å²) >= 11 is 0. The molecule has 0 bridgehead atoms. The number of hydrogen-bond donors (Lipinski definition) is 0. The van der Waals surface area contributed by atoms with Crippen LogP contribution in [0.15, 0.2) is 53.4 Å². The minimum atomic E-state index is -3.70. The molecule has 1 heterocycles. The second kappa shape index (κ2) is 10.3. The molecule has 0 N–H and O–H groups in total. The number of para-hydroxylation sites is 1. The summed E-state index contributed by atoms with van der Waals surface area (Å²) in [4.78, 5) is 17.5. The summed E-state index contributed by atoms with van der Waals surface area (Å²) < 4.78 is 31.4. The number of nitrogens with zero attached hydrogens (tertiary/aromatic N) is 3. The van der Waals surface area contributed by atoms with Gasteiger partial charge < -0.3 is 9.64 Å². The van der Waals surface area contributed by atoms with Crippen molar-refractivity contribution in [3.8, 4) is 5.75 Å². The van der Waals surface area contributed by atoms with E-state index in [1.807, 2.05) is 6.07 Å². The molecule has 0 aliphatic carbocycles. The van der Waals surface area contributed by atoms with Crippen LogP contribution in [0.3, 0.4) is 0 Å². The molecule has 2 aromatic carbocycles. The third kappa shape index (κ3) is 5.64. The van der Waals surface area contributed by atoms with Crippen LogP contribution in [0.25, 0.3) is 0 Å². The van der Waals surface area contributed by atoms with Crippen molar-refractivity contribution in [2.75, 3.05) is 58.8 Å². The van der Waals surface area contributed by atoms with Gasteiger partial charge in [-0.2, -0.15) is 0 Å². The van der Waals surface area contributed by atoms with Crippen molar-refractivity contribution in [1.29, 1.82) is 0 Å². The number of methoxy groups -OCH3 is 1. The number of rotatable bonds is 9. The van der Waals surface area contributed by atoms with Gasteiger partial charge in [-0.1, -0.05) is 18.2 Å². The molecule has 1 fully saturated rings. The lowest BCUT2D eigenvalue weighted by Gasteiger charge is -2.36. The summed E-state index contributed by atoms with van der Waals surface area (Å²) in [6, 6.07) is 15.0. The third-order valence-corrected chi connectivity index (χ3v) is 7.45. The highest BCUT2D eigenvalue weighted by Gasteiger charge is 2.24. The minimum Gasteiger partial charge on any atom is -0.495 e. The van der Waals surface area contributed by atoms with Gasteiger partial charge in [-0.05, 0) is 43.3 Å². The predicted octanol–water partition coefficient (Wildman–Crippen LogP) is 2.73. The maximum atomic E-state index is 12.7. The molecule has 0 saturated carbocycles. The molecule has 0 radical (unpaired) electrons. The zero-order valence-electron chi connectivity index (χ0n) is 18.5. The van der Waals surface area contributed by atoms with Gasteiger partial charge in [0, 0.05) is 57.9 Å². The molecule has 8 heteroatoms. The number of ketones is 1. The Balaban J connectivity index is 1.53. The highest BCUT2D eigenvalue weighted by Crippen LogP contribution is 2.27. The fourth-order valence-electron chi connectivity index (χ4n) is 3.72. The Hall–Kier alpha value is -2.42. The van der Waals surface area contributed by atoms with Crippen molar-refractivity contribution in [1.82, 2.24) is 9.21 Å². The number of sulfonamides is 1. The van der Waals surface area contributed by atoms with Crippen molar-refractivity contribution in [2.45, 2.75) is 17.7 Å². The van der Waals surface area contributed by atoms with Gasteiger partial charge >= 0.3 is 0 Å². The Morgan fingerprint density at radius 2 is 1.71 bits per heavy atom. The molecule has 168 valence electrons.